The van der Waals surface area contributed by atoms with Crippen LogP contribution in [0.4, 0.5) is 22.0 Å². The Morgan fingerprint density at radius 3 is 2.43 bits per heavy atom. The molecule has 0 N–H and O–H groups in total. The molecule has 0 fully saturated rings. The predicted octanol–water partition coefficient (Wildman–Crippen LogP) is 2.89. The summed E-state index contributed by atoms with van der Waals surface area (Å²) in [6, 6.07) is 2.57. The Balaban J connectivity index is 3.51. The number of nitrogens with zero attached hydrogens (tertiary/aromatic N) is 1. The predicted molar refractivity (Wildman–Crippen MR) is 58.5 cm³/mol. The summed E-state index contributed by atoms with van der Waals surface area (Å²) in [7, 11) is 0.937. The van der Waals surface area contributed by atoms with Gasteiger partial charge in [0, 0.05) is 5.56 Å². The highest BCUT2D eigenvalue weighted by Crippen LogP contribution is 2.38. The summed E-state index contributed by atoms with van der Waals surface area (Å²) in [6.45, 7) is -3.41. The van der Waals surface area contributed by atoms with Crippen LogP contribution >= 0.6 is 0 Å². The van der Waals surface area contributed by atoms with Crippen molar-refractivity contribution in [2.45, 2.75) is 19.2 Å². The summed E-state index contributed by atoms with van der Waals surface area (Å²) in [5.41, 5.74) is -2.73. The molecule has 0 spiro atoms. The maximum atomic E-state index is 12.9. The second kappa shape index (κ2) is 6.39. The minimum atomic E-state index is -4.95. The van der Waals surface area contributed by atoms with Crippen molar-refractivity contribution in [2.24, 2.45) is 0 Å². The SMILES string of the molecule is COC(=O)Cc1c(OC(F)F)cc(C#N)cc1C(F)(F)F. The Labute approximate surface area is 115 Å². The van der Waals surface area contributed by atoms with Crippen LogP contribution in [0.25, 0.3) is 0 Å². The lowest BCUT2D eigenvalue weighted by molar-refractivity contribution is -0.142. The minimum Gasteiger partial charge on any atom is -0.469 e. The highest BCUT2D eigenvalue weighted by atomic mass is 19.4. The van der Waals surface area contributed by atoms with Crippen molar-refractivity contribution in [3.63, 3.8) is 0 Å². The van der Waals surface area contributed by atoms with Gasteiger partial charge in [-0.2, -0.15) is 27.2 Å². The molecule has 0 atom stereocenters. The molecule has 1 aromatic carbocycles. The van der Waals surface area contributed by atoms with Crippen molar-refractivity contribution in [3.8, 4) is 11.8 Å². The molecule has 0 aromatic heterocycles. The van der Waals surface area contributed by atoms with Crippen LogP contribution in [0.3, 0.4) is 0 Å². The molecule has 0 bridgehead atoms. The van der Waals surface area contributed by atoms with Crippen LogP contribution < -0.4 is 4.74 Å². The summed E-state index contributed by atoms with van der Waals surface area (Å²) in [5.74, 6) is -1.95. The number of hydrogen-bond acceptors (Lipinski definition) is 4. The third-order valence-electron chi connectivity index (χ3n) is 2.41. The molecule has 0 saturated carbocycles. The van der Waals surface area contributed by atoms with Crippen molar-refractivity contribution >= 4 is 5.97 Å². The van der Waals surface area contributed by atoms with Crippen molar-refractivity contribution in [1.82, 2.24) is 0 Å². The molecule has 0 aliphatic carbocycles. The van der Waals surface area contributed by atoms with Gasteiger partial charge in [0.1, 0.15) is 5.75 Å². The minimum absolute atomic E-state index is 0.455. The van der Waals surface area contributed by atoms with Gasteiger partial charge < -0.3 is 9.47 Å². The van der Waals surface area contributed by atoms with Crippen LogP contribution in [0.2, 0.25) is 0 Å². The molecule has 1 aromatic rings. The Kier molecular flexibility index (Phi) is 5.07. The summed E-state index contributed by atoms with van der Waals surface area (Å²) < 4.78 is 71.6. The van der Waals surface area contributed by atoms with E-state index in [0.29, 0.717) is 12.1 Å². The van der Waals surface area contributed by atoms with E-state index in [1.54, 1.807) is 0 Å². The fourth-order valence-corrected chi connectivity index (χ4v) is 1.56. The molecular formula is C12H8F5NO3. The van der Waals surface area contributed by atoms with E-state index in [9.17, 15) is 26.7 Å². The van der Waals surface area contributed by atoms with Gasteiger partial charge in [-0.3, -0.25) is 4.79 Å². The molecule has 9 heteroatoms. The third-order valence-corrected chi connectivity index (χ3v) is 2.41. The molecule has 0 amide bonds. The number of hydrogen-bond donors (Lipinski definition) is 0. The first-order valence-corrected chi connectivity index (χ1v) is 5.35. The molecule has 21 heavy (non-hydrogen) atoms. The zero-order valence-corrected chi connectivity index (χ0v) is 10.5. The van der Waals surface area contributed by atoms with E-state index in [2.05, 4.69) is 9.47 Å². The average molecular weight is 309 g/mol. The van der Waals surface area contributed by atoms with Crippen molar-refractivity contribution < 1.29 is 36.2 Å². The molecule has 0 aliphatic rings. The largest absolute Gasteiger partial charge is 0.469 e. The molecular weight excluding hydrogens is 301 g/mol. The van der Waals surface area contributed by atoms with Gasteiger partial charge in [0.25, 0.3) is 0 Å². The number of nitriles is 1. The van der Waals surface area contributed by atoms with Gasteiger partial charge in [-0.15, -0.1) is 0 Å². The van der Waals surface area contributed by atoms with E-state index in [0.717, 1.165) is 7.11 Å². The maximum Gasteiger partial charge on any atom is 0.416 e. The topological polar surface area (TPSA) is 59.3 Å². The van der Waals surface area contributed by atoms with E-state index >= 15 is 0 Å². The average Bonchev–Trinajstić information content (AvgIpc) is 2.38. The van der Waals surface area contributed by atoms with Gasteiger partial charge in [0.05, 0.1) is 30.7 Å². The van der Waals surface area contributed by atoms with Crippen LogP contribution in [-0.4, -0.2) is 19.7 Å². The van der Waals surface area contributed by atoms with E-state index in [1.165, 1.54) is 6.07 Å². The first kappa shape index (κ1) is 16.7. The quantitative estimate of drug-likeness (QED) is 0.634. The van der Waals surface area contributed by atoms with Crippen molar-refractivity contribution in [1.29, 1.82) is 5.26 Å². The normalized spacial score (nSPS) is 11.1. The number of carbonyl (C=O) groups excluding carboxylic acids is 1. The van der Waals surface area contributed by atoms with E-state index < -0.39 is 47.6 Å². The van der Waals surface area contributed by atoms with Gasteiger partial charge in [0.15, 0.2) is 0 Å². The lowest BCUT2D eigenvalue weighted by Gasteiger charge is -2.17. The van der Waals surface area contributed by atoms with Crippen LogP contribution in [0.15, 0.2) is 12.1 Å². The molecule has 0 saturated heterocycles. The Morgan fingerprint density at radius 1 is 1.38 bits per heavy atom. The van der Waals surface area contributed by atoms with Crippen molar-refractivity contribution in [2.75, 3.05) is 7.11 Å². The van der Waals surface area contributed by atoms with Gasteiger partial charge in [0.2, 0.25) is 0 Å². The number of ether oxygens (including phenoxy) is 2. The lowest BCUT2D eigenvalue weighted by atomic mass is 10.00. The van der Waals surface area contributed by atoms with E-state index in [4.69, 9.17) is 5.26 Å². The fourth-order valence-electron chi connectivity index (χ4n) is 1.56. The van der Waals surface area contributed by atoms with Crippen molar-refractivity contribution in [3.05, 3.63) is 28.8 Å². The molecule has 114 valence electrons. The van der Waals surface area contributed by atoms with Crippen LogP contribution in [0.5, 0.6) is 5.75 Å². The van der Waals surface area contributed by atoms with Crippen LogP contribution in [0, 0.1) is 11.3 Å². The Bertz CT molecular complexity index is 577. The molecule has 0 unspecified atom stereocenters. The first-order chi connectivity index (χ1) is 9.68. The summed E-state index contributed by atoms with van der Waals surface area (Å²) in [5, 5.41) is 8.65. The molecule has 0 radical (unpaired) electrons. The summed E-state index contributed by atoms with van der Waals surface area (Å²) in [6.07, 6.45) is -5.87. The van der Waals surface area contributed by atoms with Gasteiger partial charge in [-0.05, 0) is 12.1 Å². The number of carbonyl (C=O) groups is 1. The molecule has 4 nitrogen and oxygen atoms in total. The van der Waals surface area contributed by atoms with Gasteiger partial charge >= 0.3 is 18.8 Å². The second-order valence-electron chi connectivity index (χ2n) is 3.74. The van der Waals surface area contributed by atoms with Gasteiger partial charge in [-0.25, -0.2) is 0 Å². The first-order valence-electron chi connectivity index (χ1n) is 5.35. The van der Waals surface area contributed by atoms with Gasteiger partial charge in [-0.1, -0.05) is 0 Å². The monoisotopic (exact) mass is 309 g/mol. The number of halogens is 5. The van der Waals surface area contributed by atoms with E-state index in [1.807, 2.05) is 0 Å². The molecule has 0 heterocycles. The Hall–Kier alpha value is -2.37. The van der Waals surface area contributed by atoms with E-state index in [-0.39, 0.29) is 0 Å². The fraction of sp³-hybridized carbons (Fsp3) is 0.333. The zero-order chi connectivity index (χ0) is 16.2. The second-order valence-corrected chi connectivity index (χ2v) is 3.74. The lowest BCUT2D eigenvalue weighted by Crippen LogP contribution is -2.16. The number of benzene rings is 1. The summed E-state index contributed by atoms with van der Waals surface area (Å²) >= 11 is 0. The number of alkyl halides is 5. The highest BCUT2D eigenvalue weighted by molar-refractivity contribution is 5.74. The third kappa shape index (κ3) is 4.30. The number of rotatable bonds is 4. The molecule has 1 rings (SSSR count). The molecule has 0 aliphatic heterocycles. The standard InChI is InChI=1S/C12H8F5NO3/c1-20-10(19)4-7-8(12(15,16)17)2-6(5-18)3-9(7)21-11(13)14/h2-3,11H,4H2,1H3. The van der Waals surface area contributed by atoms with Crippen LogP contribution in [-0.2, 0) is 22.1 Å². The number of esters is 1. The zero-order valence-electron chi connectivity index (χ0n) is 10.5. The Morgan fingerprint density at radius 2 is 2.00 bits per heavy atom. The maximum absolute atomic E-state index is 12.9. The van der Waals surface area contributed by atoms with Crippen LogP contribution in [0.1, 0.15) is 16.7 Å². The smallest absolute Gasteiger partial charge is 0.416 e. The highest BCUT2D eigenvalue weighted by Gasteiger charge is 2.36. The summed E-state index contributed by atoms with van der Waals surface area (Å²) in [4.78, 5) is 11.2. The number of methoxy groups -OCH3 is 1.